The van der Waals surface area contributed by atoms with E-state index in [2.05, 4.69) is 15.5 Å². The fourth-order valence-corrected chi connectivity index (χ4v) is 4.87. The number of carbonyl (C=O) groups excluding carboxylic acids is 1. The number of ether oxygens (including phenoxy) is 1. The average molecular weight is 377 g/mol. The molecule has 2 aliphatic rings. The molecule has 1 amide bonds. The minimum absolute atomic E-state index is 0.0770. The molecular weight excluding hydrogens is 354 g/mol. The number of aromatic amines is 1. The molecule has 140 valence electrons. The van der Waals surface area contributed by atoms with E-state index in [0.29, 0.717) is 23.7 Å². The van der Waals surface area contributed by atoms with Gasteiger partial charge in [-0.05, 0) is 26.7 Å². The SMILES string of the molecule is Cn1cc([C@H]2SCC(=O)Nc3c2c(=O)[nH]n3[C@@H]2CCOC(C)(C)C2)cn1. The molecule has 4 rings (SSSR count). The number of aryl methyl sites for hydroxylation is 1. The van der Waals surface area contributed by atoms with Crippen molar-refractivity contribution >= 4 is 23.5 Å². The maximum Gasteiger partial charge on any atom is 0.270 e. The van der Waals surface area contributed by atoms with Crippen molar-refractivity contribution in [3.63, 3.8) is 0 Å². The number of hydrogen-bond acceptors (Lipinski definition) is 5. The van der Waals surface area contributed by atoms with Crippen LogP contribution in [0.1, 0.15) is 49.1 Å². The van der Waals surface area contributed by atoms with Crippen LogP contribution in [0.3, 0.4) is 0 Å². The van der Waals surface area contributed by atoms with Gasteiger partial charge in [0.15, 0.2) is 0 Å². The van der Waals surface area contributed by atoms with Gasteiger partial charge in [0.1, 0.15) is 5.82 Å². The number of nitrogens with zero attached hydrogens (tertiary/aromatic N) is 3. The number of rotatable bonds is 2. The van der Waals surface area contributed by atoms with Crippen molar-refractivity contribution < 1.29 is 9.53 Å². The van der Waals surface area contributed by atoms with Crippen LogP contribution in [0.4, 0.5) is 5.82 Å². The van der Waals surface area contributed by atoms with Gasteiger partial charge >= 0.3 is 0 Å². The van der Waals surface area contributed by atoms with Crippen molar-refractivity contribution in [1.82, 2.24) is 19.6 Å². The Labute approximate surface area is 155 Å². The summed E-state index contributed by atoms with van der Waals surface area (Å²) in [5.41, 5.74) is 1.10. The zero-order valence-electron chi connectivity index (χ0n) is 15.1. The Balaban J connectivity index is 1.80. The number of carbonyl (C=O) groups is 1. The number of aromatic nitrogens is 4. The molecule has 1 fully saturated rings. The molecule has 26 heavy (non-hydrogen) atoms. The van der Waals surface area contributed by atoms with E-state index in [9.17, 15) is 9.59 Å². The van der Waals surface area contributed by atoms with E-state index in [1.165, 1.54) is 11.8 Å². The van der Waals surface area contributed by atoms with Gasteiger partial charge in [-0.3, -0.25) is 24.1 Å². The number of fused-ring (bicyclic) bond motifs is 1. The van der Waals surface area contributed by atoms with Gasteiger partial charge in [0.05, 0.1) is 34.4 Å². The molecule has 2 N–H and O–H groups in total. The summed E-state index contributed by atoms with van der Waals surface area (Å²) in [6, 6.07) is 0.0770. The largest absolute Gasteiger partial charge is 0.375 e. The number of thioether (sulfide) groups is 1. The molecule has 4 heterocycles. The maximum atomic E-state index is 12.8. The molecule has 2 aliphatic heterocycles. The van der Waals surface area contributed by atoms with Gasteiger partial charge in [-0.25, -0.2) is 0 Å². The third kappa shape index (κ3) is 3.09. The van der Waals surface area contributed by atoms with Crippen molar-refractivity contribution in [2.24, 2.45) is 7.05 Å². The van der Waals surface area contributed by atoms with Crippen LogP contribution in [0, 0.1) is 0 Å². The Morgan fingerprint density at radius 3 is 2.88 bits per heavy atom. The van der Waals surface area contributed by atoms with Gasteiger partial charge < -0.3 is 10.1 Å². The summed E-state index contributed by atoms with van der Waals surface area (Å²) in [7, 11) is 1.84. The highest BCUT2D eigenvalue weighted by Crippen LogP contribution is 2.41. The van der Waals surface area contributed by atoms with Crippen molar-refractivity contribution in [2.45, 2.75) is 43.6 Å². The molecule has 1 saturated heterocycles. The summed E-state index contributed by atoms with van der Waals surface area (Å²) < 4.78 is 9.35. The van der Waals surface area contributed by atoms with Crippen molar-refractivity contribution in [2.75, 3.05) is 17.7 Å². The zero-order valence-corrected chi connectivity index (χ0v) is 15.9. The molecule has 2 aromatic rings. The van der Waals surface area contributed by atoms with Crippen LogP contribution in [-0.2, 0) is 16.6 Å². The van der Waals surface area contributed by atoms with E-state index >= 15 is 0 Å². The molecule has 8 nitrogen and oxygen atoms in total. The van der Waals surface area contributed by atoms with E-state index in [0.717, 1.165) is 18.4 Å². The molecule has 0 spiro atoms. The van der Waals surface area contributed by atoms with Crippen LogP contribution in [-0.4, -0.2) is 43.4 Å². The topological polar surface area (TPSA) is 93.9 Å². The molecule has 2 atom stereocenters. The minimum atomic E-state index is -0.261. The minimum Gasteiger partial charge on any atom is -0.375 e. The lowest BCUT2D eigenvalue weighted by atomic mass is 9.94. The maximum absolute atomic E-state index is 12.8. The molecule has 0 aliphatic carbocycles. The Morgan fingerprint density at radius 2 is 2.19 bits per heavy atom. The summed E-state index contributed by atoms with van der Waals surface area (Å²) in [4.78, 5) is 25.1. The fourth-order valence-electron chi connectivity index (χ4n) is 3.78. The lowest BCUT2D eigenvalue weighted by Crippen LogP contribution is -2.36. The molecule has 9 heteroatoms. The highest BCUT2D eigenvalue weighted by atomic mass is 32.2. The second-order valence-corrected chi connectivity index (χ2v) is 8.61. The van der Waals surface area contributed by atoms with Crippen molar-refractivity contribution in [3.8, 4) is 0 Å². The van der Waals surface area contributed by atoms with E-state index < -0.39 is 0 Å². The number of anilines is 1. The normalized spacial score (nSPS) is 25.4. The summed E-state index contributed by atoms with van der Waals surface area (Å²) >= 11 is 1.45. The van der Waals surface area contributed by atoms with Gasteiger partial charge in [-0.1, -0.05) is 0 Å². The molecule has 0 unspecified atom stereocenters. The lowest BCUT2D eigenvalue weighted by Gasteiger charge is -2.36. The average Bonchev–Trinajstić information content (AvgIpc) is 3.07. The summed E-state index contributed by atoms with van der Waals surface area (Å²) in [6.07, 6.45) is 5.21. The number of hydrogen-bond donors (Lipinski definition) is 2. The van der Waals surface area contributed by atoms with Gasteiger partial charge in [0.25, 0.3) is 5.56 Å². The lowest BCUT2D eigenvalue weighted by molar-refractivity contribution is -0.113. The Bertz CT molecular complexity index is 897. The number of nitrogens with one attached hydrogen (secondary N) is 2. The third-order valence-electron chi connectivity index (χ3n) is 4.93. The number of amides is 1. The zero-order chi connectivity index (χ0) is 18.5. The highest BCUT2D eigenvalue weighted by molar-refractivity contribution is 8.00. The molecule has 2 aromatic heterocycles. The summed E-state index contributed by atoms with van der Waals surface area (Å²) in [6.45, 7) is 4.72. The summed E-state index contributed by atoms with van der Waals surface area (Å²) in [5, 5.41) is 9.91. The van der Waals surface area contributed by atoms with Crippen molar-refractivity contribution in [1.29, 1.82) is 0 Å². The first-order valence-corrected chi connectivity index (χ1v) is 9.77. The Hall–Kier alpha value is -2.00. The highest BCUT2D eigenvalue weighted by Gasteiger charge is 2.36. The summed E-state index contributed by atoms with van der Waals surface area (Å²) in [5.74, 6) is 0.788. The monoisotopic (exact) mass is 377 g/mol. The van der Waals surface area contributed by atoms with E-state index in [1.807, 2.05) is 31.8 Å². The van der Waals surface area contributed by atoms with Crippen LogP contribution in [0.5, 0.6) is 0 Å². The fraction of sp³-hybridized carbons (Fsp3) is 0.588. The van der Waals surface area contributed by atoms with Crippen LogP contribution in [0.25, 0.3) is 0 Å². The van der Waals surface area contributed by atoms with Gasteiger partial charge in [-0.2, -0.15) is 5.10 Å². The predicted octanol–water partition coefficient (Wildman–Crippen LogP) is 1.81. The second-order valence-electron chi connectivity index (χ2n) is 7.51. The smallest absolute Gasteiger partial charge is 0.270 e. The van der Waals surface area contributed by atoms with E-state index in [4.69, 9.17) is 4.74 Å². The first-order chi connectivity index (χ1) is 12.3. The van der Waals surface area contributed by atoms with Gasteiger partial charge in [0, 0.05) is 25.4 Å². The predicted molar refractivity (Wildman–Crippen MR) is 99.5 cm³/mol. The first-order valence-electron chi connectivity index (χ1n) is 8.72. The third-order valence-corrected chi connectivity index (χ3v) is 6.20. The molecule has 0 saturated carbocycles. The quantitative estimate of drug-likeness (QED) is 0.833. The molecule has 0 radical (unpaired) electrons. The van der Waals surface area contributed by atoms with E-state index in [-0.39, 0.29) is 28.4 Å². The van der Waals surface area contributed by atoms with Gasteiger partial charge in [-0.15, -0.1) is 11.8 Å². The standard InChI is InChI=1S/C17H23N5O3S/c1-17(2)6-11(4-5-25-17)22-15-13(16(24)20-22)14(26-9-12(23)19-15)10-7-18-21(3)8-10/h7-8,11,14H,4-6,9H2,1-3H3,(H,19,23)(H,20,24)/t11-,14-/m1/s1. The Morgan fingerprint density at radius 1 is 1.38 bits per heavy atom. The Kier molecular flexibility index (Phi) is 4.23. The first kappa shape index (κ1) is 17.4. The van der Waals surface area contributed by atoms with Crippen molar-refractivity contribution in [3.05, 3.63) is 33.9 Å². The van der Waals surface area contributed by atoms with E-state index in [1.54, 1.807) is 10.9 Å². The van der Waals surface area contributed by atoms with Crippen LogP contribution in [0.15, 0.2) is 17.2 Å². The number of H-pyrrole nitrogens is 1. The van der Waals surface area contributed by atoms with Crippen LogP contribution in [0.2, 0.25) is 0 Å². The molecule has 0 aromatic carbocycles. The van der Waals surface area contributed by atoms with Crippen LogP contribution < -0.4 is 10.9 Å². The molecule has 0 bridgehead atoms. The molecular formula is C17H23N5O3S. The van der Waals surface area contributed by atoms with Gasteiger partial charge in [0.2, 0.25) is 5.91 Å². The second kappa shape index (κ2) is 6.31. The van der Waals surface area contributed by atoms with Crippen LogP contribution >= 0.6 is 11.8 Å².